The molecule has 53 heavy (non-hydrogen) atoms. The first-order valence-corrected chi connectivity index (χ1v) is 19.5. The summed E-state index contributed by atoms with van der Waals surface area (Å²) in [5.74, 6) is 1.96. The standard InChI is InChI=1S/C49H31N3Se/c1-4-14-32(15-5-1)33-28-30-36(31-29-33)48-50-47(35-18-8-3-9-19-35)51-49(52-48)44-27-12-21-38-39(22-11-23-40(38)44)41-24-13-26-43-42-25-10-20-37(45(42)53-46(41)43)34-16-6-2-7-17-34/h1-31H. The number of fused-ring (bicyclic) bond motifs is 4. The maximum absolute atomic E-state index is 5.16. The Balaban J connectivity index is 1.13. The van der Waals surface area contributed by atoms with Gasteiger partial charge < -0.3 is 0 Å². The molecule has 0 atom stereocenters. The minimum Gasteiger partial charge on any atom is -0.0617 e. The van der Waals surface area contributed by atoms with Gasteiger partial charge in [-0.1, -0.05) is 36.4 Å². The fraction of sp³-hybridized carbons (Fsp3) is 0. The van der Waals surface area contributed by atoms with Crippen molar-refractivity contribution in [3.05, 3.63) is 188 Å². The van der Waals surface area contributed by atoms with Crippen LogP contribution in [0.5, 0.6) is 0 Å². The Bertz CT molecular complexity index is 2920. The van der Waals surface area contributed by atoms with E-state index in [4.69, 9.17) is 15.0 Å². The number of aromatic nitrogens is 3. The third kappa shape index (κ3) is 5.66. The molecule has 2 heterocycles. The predicted molar refractivity (Wildman–Crippen MR) is 222 cm³/mol. The van der Waals surface area contributed by atoms with Gasteiger partial charge in [-0.2, -0.15) is 0 Å². The van der Waals surface area contributed by atoms with Crippen molar-refractivity contribution in [2.24, 2.45) is 0 Å². The Morgan fingerprint density at radius 2 is 0.642 bits per heavy atom. The van der Waals surface area contributed by atoms with E-state index in [0.29, 0.717) is 17.5 Å². The van der Waals surface area contributed by atoms with Crippen molar-refractivity contribution in [1.82, 2.24) is 15.0 Å². The monoisotopic (exact) mass is 741 g/mol. The van der Waals surface area contributed by atoms with Crippen LogP contribution in [-0.2, 0) is 0 Å². The molecule has 4 heteroatoms. The van der Waals surface area contributed by atoms with Gasteiger partial charge in [-0.15, -0.1) is 0 Å². The topological polar surface area (TPSA) is 38.7 Å². The minimum atomic E-state index is 0.150. The zero-order valence-electron chi connectivity index (χ0n) is 28.6. The zero-order chi connectivity index (χ0) is 35.1. The third-order valence-corrected chi connectivity index (χ3v) is 12.7. The average Bonchev–Trinajstić information content (AvgIpc) is 3.63. The van der Waals surface area contributed by atoms with Crippen LogP contribution in [0.1, 0.15) is 0 Å². The molecule has 10 aromatic rings. The first kappa shape index (κ1) is 31.3. The van der Waals surface area contributed by atoms with Crippen LogP contribution in [0.2, 0.25) is 0 Å². The second-order valence-electron chi connectivity index (χ2n) is 13.2. The second kappa shape index (κ2) is 13.3. The van der Waals surface area contributed by atoms with Crippen LogP contribution in [0.25, 0.3) is 97.6 Å². The molecule has 2 aromatic heterocycles. The molecule has 3 nitrogen and oxygen atoms in total. The summed E-state index contributed by atoms with van der Waals surface area (Å²) in [5.41, 5.74) is 10.3. The van der Waals surface area contributed by atoms with Crippen molar-refractivity contribution >= 4 is 44.6 Å². The molecule has 0 aliphatic rings. The molecule has 10 rings (SSSR count). The summed E-state index contributed by atoms with van der Waals surface area (Å²) in [4.78, 5) is 15.3. The van der Waals surface area contributed by atoms with Gasteiger partial charge in [-0.05, 0) is 11.1 Å². The van der Waals surface area contributed by atoms with Gasteiger partial charge in [0.05, 0.1) is 0 Å². The fourth-order valence-corrected chi connectivity index (χ4v) is 10.3. The Hall–Kier alpha value is -6.45. The van der Waals surface area contributed by atoms with Crippen molar-refractivity contribution in [2.75, 3.05) is 0 Å². The van der Waals surface area contributed by atoms with Crippen LogP contribution in [0.3, 0.4) is 0 Å². The number of hydrogen-bond donors (Lipinski definition) is 0. The van der Waals surface area contributed by atoms with E-state index < -0.39 is 0 Å². The van der Waals surface area contributed by atoms with Gasteiger partial charge in [-0.3, -0.25) is 0 Å². The van der Waals surface area contributed by atoms with Crippen LogP contribution >= 0.6 is 0 Å². The quantitative estimate of drug-likeness (QED) is 0.159. The third-order valence-electron chi connectivity index (χ3n) is 9.98. The summed E-state index contributed by atoms with van der Waals surface area (Å²) in [5, 5.41) is 5.00. The summed E-state index contributed by atoms with van der Waals surface area (Å²) >= 11 is 0.150. The van der Waals surface area contributed by atoms with Crippen LogP contribution < -0.4 is 0 Å². The van der Waals surface area contributed by atoms with Crippen molar-refractivity contribution < 1.29 is 0 Å². The molecule has 0 unspecified atom stereocenters. The summed E-state index contributed by atoms with van der Waals surface area (Å²) in [6.45, 7) is 0. The maximum atomic E-state index is 5.16. The van der Waals surface area contributed by atoms with Gasteiger partial charge >= 0.3 is 268 Å². The molecular weight excluding hydrogens is 710 g/mol. The first-order chi connectivity index (χ1) is 26.3. The van der Waals surface area contributed by atoms with E-state index in [2.05, 4.69) is 164 Å². The molecule has 0 aliphatic heterocycles. The SMILES string of the molecule is c1ccc(-c2ccc(-c3nc(-c4ccccc4)nc(-c4cccc5c(-c6cccc7c6[se]c6c(-c8ccccc8)cccc67)cccc45)n3)cc2)cc1. The van der Waals surface area contributed by atoms with Gasteiger partial charge in [-0.25, -0.2) is 0 Å². The van der Waals surface area contributed by atoms with Crippen molar-refractivity contribution in [3.8, 4) is 67.5 Å². The summed E-state index contributed by atoms with van der Waals surface area (Å²) in [6.07, 6.45) is 0. The molecule has 0 amide bonds. The van der Waals surface area contributed by atoms with E-state index in [1.165, 1.54) is 52.5 Å². The van der Waals surface area contributed by atoms with E-state index in [0.717, 1.165) is 27.6 Å². The molecule has 8 aromatic carbocycles. The van der Waals surface area contributed by atoms with Gasteiger partial charge in [0.2, 0.25) is 0 Å². The van der Waals surface area contributed by atoms with Crippen LogP contribution in [0.15, 0.2) is 188 Å². The molecule has 0 saturated carbocycles. The first-order valence-electron chi connectivity index (χ1n) is 17.8. The average molecular weight is 741 g/mol. The summed E-state index contributed by atoms with van der Waals surface area (Å²) < 4.78 is 2.89. The zero-order valence-corrected chi connectivity index (χ0v) is 30.4. The van der Waals surface area contributed by atoms with Crippen LogP contribution in [0.4, 0.5) is 0 Å². The molecule has 0 radical (unpaired) electrons. The Kier molecular flexibility index (Phi) is 7.83. The molecule has 0 saturated heterocycles. The van der Waals surface area contributed by atoms with Crippen LogP contribution in [0, 0.1) is 0 Å². The molecule has 0 fully saturated rings. The van der Waals surface area contributed by atoms with Gasteiger partial charge in [0, 0.05) is 0 Å². The normalized spacial score (nSPS) is 11.4. The Labute approximate surface area is 313 Å². The Morgan fingerprint density at radius 1 is 0.245 bits per heavy atom. The minimum absolute atomic E-state index is 0.150. The van der Waals surface area contributed by atoms with Gasteiger partial charge in [0.1, 0.15) is 0 Å². The second-order valence-corrected chi connectivity index (χ2v) is 15.3. The predicted octanol–water partition coefficient (Wildman–Crippen LogP) is 12.4. The Morgan fingerprint density at radius 3 is 1.26 bits per heavy atom. The van der Waals surface area contributed by atoms with Gasteiger partial charge in [0.15, 0.2) is 0 Å². The van der Waals surface area contributed by atoms with E-state index in [1.807, 2.05) is 24.3 Å². The van der Waals surface area contributed by atoms with Crippen LogP contribution in [-0.4, -0.2) is 29.5 Å². The summed E-state index contributed by atoms with van der Waals surface area (Å²) in [7, 11) is 0. The van der Waals surface area contributed by atoms with E-state index in [-0.39, 0.29) is 14.5 Å². The smallest absolute Gasteiger partial charge is 0.0617 e. The molecule has 0 spiro atoms. The number of rotatable bonds is 6. The molecule has 0 bridgehead atoms. The fourth-order valence-electron chi connectivity index (χ4n) is 7.40. The number of hydrogen-bond acceptors (Lipinski definition) is 3. The molecule has 0 aliphatic carbocycles. The van der Waals surface area contributed by atoms with Crippen molar-refractivity contribution in [2.45, 2.75) is 0 Å². The van der Waals surface area contributed by atoms with E-state index in [1.54, 1.807) is 0 Å². The van der Waals surface area contributed by atoms with Crippen molar-refractivity contribution in [3.63, 3.8) is 0 Å². The molecule has 248 valence electrons. The molecular formula is C49H31N3Se. The van der Waals surface area contributed by atoms with Crippen molar-refractivity contribution in [1.29, 1.82) is 0 Å². The van der Waals surface area contributed by atoms with E-state index >= 15 is 0 Å². The molecule has 0 N–H and O–H groups in total. The number of benzene rings is 8. The van der Waals surface area contributed by atoms with E-state index in [9.17, 15) is 0 Å². The summed E-state index contributed by atoms with van der Waals surface area (Å²) in [6, 6.07) is 66.6. The van der Waals surface area contributed by atoms with Gasteiger partial charge in [0.25, 0.3) is 0 Å². The number of nitrogens with zero attached hydrogens (tertiary/aromatic N) is 3.